The second kappa shape index (κ2) is 7.61. The summed E-state index contributed by atoms with van der Waals surface area (Å²) < 4.78 is 13.7. The maximum absolute atomic E-state index is 12.0. The van der Waals surface area contributed by atoms with Gasteiger partial charge in [0.1, 0.15) is 11.4 Å². The van der Waals surface area contributed by atoms with Crippen LogP contribution in [0.25, 0.3) is 0 Å². The normalized spacial score (nSPS) is 17.2. The fourth-order valence-electron chi connectivity index (χ4n) is 2.33. The Balaban J connectivity index is 1.48. The number of nitrogens with one attached hydrogen (secondary N) is 1. The summed E-state index contributed by atoms with van der Waals surface area (Å²) in [5.41, 5.74) is 0.377. The third-order valence-corrected chi connectivity index (χ3v) is 4.09. The minimum absolute atomic E-state index is 0.127. The van der Waals surface area contributed by atoms with Gasteiger partial charge in [-0.1, -0.05) is 15.9 Å². The van der Waals surface area contributed by atoms with E-state index in [-0.39, 0.29) is 18.7 Å². The van der Waals surface area contributed by atoms with Crippen molar-refractivity contribution in [2.45, 2.75) is 25.7 Å². The van der Waals surface area contributed by atoms with Gasteiger partial charge in [-0.25, -0.2) is 4.68 Å². The van der Waals surface area contributed by atoms with Gasteiger partial charge in [0.15, 0.2) is 6.73 Å². The largest absolute Gasteiger partial charge is 0.471 e. The molecule has 1 aromatic carbocycles. The van der Waals surface area contributed by atoms with Gasteiger partial charge in [0.25, 0.3) is 5.91 Å². The number of halogens is 1. The van der Waals surface area contributed by atoms with Gasteiger partial charge in [-0.05, 0) is 43.2 Å². The Kier molecular flexibility index (Phi) is 5.30. The number of ether oxygens (including phenoxy) is 2. The lowest BCUT2D eigenvalue weighted by molar-refractivity contribution is 0.0852. The van der Waals surface area contributed by atoms with Crippen molar-refractivity contribution in [1.82, 2.24) is 15.1 Å². The van der Waals surface area contributed by atoms with Crippen molar-refractivity contribution in [2.75, 3.05) is 13.2 Å². The second-order valence-corrected chi connectivity index (χ2v) is 6.23. The number of hydrogen-bond acceptors (Lipinski definition) is 4. The van der Waals surface area contributed by atoms with Gasteiger partial charge in [-0.2, -0.15) is 5.10 Å². The number of aromatic nitrogens is 2. The Hall–Kier alpha value is -1.86. The molecule has 6 nitrogen and oxygen atoms in total. The van der Waals surface area contributed by atoms with Gasteiger partial charge in [-0.3, -0.25) is 4.79 Å². The Morgan fingerprint density at radius 2 is 2.22 bits per heavy atom. The molecule has 0 radical (unpaired) electrons. The van der Waals surface area contributed by atoms with Crippen LogP contribution in [-0.4, -0.2) is 34.9 Å². The predicted octanol–water partition coefficient (Wildman–Crippen LogP) is 2.59. The zero-order valence-electron chi connectivity index (χ0n) is 12.6. The van der Waals surface area contributed by atoms with Crippen LogP contribution in [0.2, 0.25) is 0 Å². The summed E-state index contributed by atoms with van der Waals surface area (Å²) in [7, 11) is 0. The summed E-state index contributed by atoms with van der Waals surface area (Å²) >= 11 is 3.37. The minimum Gasteiger partial charge on any atom is -0.471 e. The Morgan fingerprint density at radius 1 is 1.39 bits per heavy atom. The summed E-state index contributed by atoms with van der Waals surface area (Å²) in [4.78, 5) is 12.0. The number of hydrogen-bond donors (Lipinski definition) is 1. The molecule has 0 bridgehead atoms. The zero-order chi connectivity index (χ0) is 16.1. The average Bonchev–Trinajstić information content (AvgIpc) is 3.24. The number of amides is 1. The maximum Gasteiger partial charge on any atom is 0.271 e. The van der Waals surface area contributed by atoms with E-state index in [1.165, 1.54) is 0 Å². The molecule has 2 heterocycles. The van der Waals surface area contributed by atoms with Crippen LogP contribution >= 0.6 is 15.9 Å². The van der Waals surface area contributed by atoms with E-state index < -0.39 is 0 Å². The highest BCUT2D eigenvalue weighted by molar-refractivity contribution is 9.10. The SMILES string of the molecule is O=C(NCC1CCCO1)c1ccn(COc2ccc(Br)cc2)n1. The van der Waals surface area contributed by atoms with Crippen molar-refractivity contribution < 1.29 is 14.3 Å². The summed E-state index contributed by atoms with van der Waals surface area (Å²) in [5.74, 6) is 0.552. The number of benzene rings is 1. The van der Waals surface area contributed by atoms with Gasteiger partial charge in [0.05, 0.1) is 6.10 Å². The van der Waals surface area contributed by atoms with Crippen LogP contribution in [0, 0.1) is 0 Å². The molecule has 1 aliphatic rings. The minimum atomic E-state index is -0.192. The van der Waals surface area contributed by atoms with E-state index in [2.05, 4.69) is 26.3 Å². The van der Waals surface area contributed by atoms with Crippen molar-refractivity contribution in [3.8, 4) is 5.75 Å². The number of carbonyl (C=O) groups excluding carboxylic acids is 1. The van der Waals surface area contributed by atoms with Crippen molar-refractivity contribution in [2.24, 2.45) is 0 Å². The number of carbonyl (C=O) groups is 1. The molecule has 122 valence electrons. The third-order valence-electron chi connectivity index (χ3n) is 3.56. The number of nitrogens with zero attached hydrogens (tertiary/aromatic N) is 2. The zero-order valence-corrected chi connectivity index (χ0v) is 14.2. The topological polar surface area (TPSA) is 65.4 Å². The van der Waals surface area contributed by atoms with E-state index in [4.69, 9.17) is 9.47 Å². The van der Waals surface area contributed by atoms with Gasteiger partial charge < -0.3 is 14.8 Å². The van der Waals surface area contributed by atoms with Crippen LogP contribution in [0.3, 0.4) is 0 Å². The molecular formula is C16H18BrN3O3. The maximum atomic E-state index is 12.0. The van der Waals surface area contributed by atoms with E-state index in [1.807, 2.05) is 24.3 Å². The quantitative estimate of drug-likeness (QED) is 0.837. The summed E-state index contributed by atoms with van der Waals surface area (Å²) in [6.07, 6.45) is 3.90. The predicted molar refractivity (Wildman–Crippen MR) is 88.3 cm³/mol. The molecular weight excluding hydrogens is 362 g/mol. The Labute approximate surface area is 142 Å². The van der Waals surface area contributed by atoms with E-state index in [1.54, 1.807) is 16.9 Å². The molecule has 2 aromatic rings. The molecule has 1 N–H and O–H groups in total. The first kappa shape index (κ1) is 16.0. The van der Waals surface area contributed by atoms with Crippen molar-refractivity contribution in [1.29, 1.82) is 0 Å². The van der Waals surface area contributed by atoms with Gasteiger partial charge in [-0.15, -0.1) is 0 Å². The first-order valence-corrected chi connectivity index (χ1v) is 8.31. The fourth-order valence-corrected chi connectivity index (χ4v) is 2.59. The first-order valence-electron chi connectivity index (χ1n) is 7.52. The molecule has 0 saturated carbocycles. The molecule has 1 amide bonds. The van der Waals surface area contributed by atoms with Crippen LogP contribution in [0.5, 0.6) is 5.75 Å². The highest BCUT2D eigenvalue weighted by Gasteiger charge is 2.17. The molecule has 3 rings (SSSR count). The van der Waals surface area contributed by atoms with Crippen LogP contribution < -0.4 is 10.1 Å². The van der Waals surface area contributed by atoms with Crippen LogP contribution in [-0.2, 0) is 11.5 Å². The van der Waals surface area contributed by atoms with Gasteiger partial charge >= 0.3 is 0 Å². The van der Waals surface area contributed by atoms with E-state index in [0.29, 0.717) is 12.2 Å². The Bertz CT molecular complexity index is 651. The highest BCUT2D eigenvalue weighted by atomic mass is 79.9. The smallest absolute Gasteiger partial charge is 0.271 e. The molecule has 7 heteroatoms. The molecule has 1 fully saturated rings. The van der Waals surface area contributed by atoms with Gasteiger partial charge in [0, 0.05) is 23.8 Å². The molecule has 0 spiro atoms. The standard InChI is InChI=1S/C16H18BrN3O3/c17-12-3-5-13(6-4-12)23-11-20-8-7-15(19-20)16(21)18-10-14-2-1-9-22-14/h3-8,14H,1-2,9-11H2,(H,18,21). The summed E-state index contributed by atoms with van der Waals surface area (Å²) in [6.45, 7) is 1.56. The summed E-state index contributed by atoms with van der Waals surface area (Å²) in [5, 5.41) is 7.07. The first-order chi connectivity index (χ1) is 11.2. The van der Waals surface area contributed by atoms with E-state index in [0.717, 1.165) is 29.7 Å². The lowest BCUT2D eigenvalue weighted by Crippen LogP contribution is -2.32. The van der Waals surface area contributed by atoms with E-state index in [9.17, 15) is 4.79 Å². The molecule has 1 atom stereocenters. The average molecular weight is 380 g/mol. The van der Waals surface area contributed by atoms with Crippen LogP contribution in [0.1, 0.15) is 23.3 Å². The lowest BCUT2D eigenvalue weighted by atomic mass is 10.2. The molecule has 1 saturated heterocycles. The van der Waals surface area contributed by atoms with Crippen molar-refractivity contribution >= 4 is 21.8 Å². The molecule has 1 aliphatic heterocycles. The second-order valence-electron chi connectivity index (χ2n) is 5.31. The number of rotatable bonds is 6. The van der Waals surface area contributed by atoms with Crippen LogP contribution in [0.15, 0.2) is 41.0 Å². The van der Waals surface area contributed by atoms with Crippen molar-refractivity contribution in [3.05, 3.63) is 46.7 Å². The van der Waals surface area contributed by atoms with E-state index >= 15 is 0 Å². The molecule has 1 unspecified atom stereocenters. The van der Waals surface area contributed by atoms with Crippen molar-refractivity contribution in [3.63, 3.8) is 0 Å². The third kappa shape index (κ3) is 4.56. The van der Waals surface area contributed by atoms with Crippen LogP contribution in [0.4, 0.5) is 0 Å². The lowest BCUT2D eigenvalue weighted by Gasteiger charge is -2.09. The molecule has 1 aromatic heterocycles. The monoisotopic (exact) mass is 379 g/mol. The van der Waals surface area contributed by atoms with Gasteiger partial charge in [0.2, 0.25) is 0 Å². The highest BCUT2D eigenvalue weighted by Crippen LogP contribution is 2.16. The fraction of sp³-hybridized carbons (Fsp3) is 0.375. The summed E-state index contributed by atoms with van der Waals surface area (Å²) in [6, 6.07) is 9.21. The Morgan fingerprint density at radius 3 is 2.96 bits per heavy atom. The molecule has 0 aliphatic carbocycles. The molecule has 23 heavy (non-hydrogen) atoms.